The van der Waals surface area contributed by atoms with Crippen LogP contribution in [0.4, 0.5) is 0 Å². The van der Waals surface area contributed by atoms with E-state index in [2.05, 4.69) is 6.92 Å². The fourth-order valence-corrected chi connectivity index (χ4v) is 2.68. The molecule has 1 aliphatic heterocycles. The molecule has 0 aromatic heterocycles. The smallest absolute Gasteiger partial charge is 0.321 e. The zero-order valence-corrected chi connectivity index (χ0v) is 8.81. The quantitative estimate of drug-likeness (QED) is 0.527. The zero-order valence-electron chi connectivity index (χ0n) is 8.81. The summed E-state index contributed by atoms with van der Waals surface area (Å²) >= 11 is 0. The van der Waals surface area contributed by atoms with Crippen molar-refractivity contribution < 1.29 is 19.4 Å². The molecule has 4 nitrogen and oxygen atoms in total. The van der Waals surface area contributed by atoms with Gasteiger partial charge in [0.25, 0.3) is 0 Å². The van der Waals surface area contributed by atoms with Crippen molar-refractivity contribution in [2.45, 2.75) is 38.7 Å². The van der Waals surface area contributed by atoms with Crippen molar-refractivity contribution >= 4 is 11.9 Å². The van der Waals surface area contributed by atoms with Crippen LogP contribution in [0.3, 0.4) is 0 Å². The van der Waals surface area contributed by atoms with E-state index in [1.54, 1.807) is 0 Å². The predicted octanol–water partition coefficient (Wildman–Crippen LogP) is 1.44. The number of carboxylic acids is 1. The van der Waals surface area contributed by atoms with Crippen molar-refractivity contribution in [1.82, 2.24) is 0 Å². The average Bonchev–Trinajstić information content (AvgIpc) is 2.38. The van der Waals surface area contributed by atoms with Crippen LogP contribution >= 0.6 is 0 Å². The van der Waals surface area contributed by atoms with Gasteiger partial charge in [0.05, 0.1) is 0 Å². The van der Waals surface area contributed by atoms with Gasteiger partial charge in [-0.1, -0.05) is 13.3 Å². The van der Waals surface area contributed by atoms with E-state index in [1.165, 1.54) is 0 Å². The molecule has 4 heteroatoms. The molecule has 2 aliphatic rings. The van der Waals surface area contributed by atoms with E-state index in [-0.39, 0.29) is 12.0 Å². The van der Waals surface area contributed by atoms with Gasteiger partial charge in [0.15, 0.2) is 5.92 Å². The van der Waals surface area contributed by atoms with Gasteiger partial charge in [-0.3, -0.25) is 9.59 Å². The fraction of sp³-hybridized carbons (Fsp3) is 0.818. The van der Waals surface area contributed by atoms with E-state index in [0.717, 1.165) is 25.7 Å². The summed E-state index contributed by atoms with van der Waals surface area (Å²) in [6.07, 6.45) is 3.50. The molecule has 1 N–H and O–H groups in total. The summed E-state index contributed by atoms with van der Waals surface area (Å²) in [5, 5.41) is 8.98. The van der Waals surface area contributed by atoms with E-state index < -0.39 is 17.9 Å². The molecule has 0 amide bonds. The Morgan fingerprint density at radius 1 is 1.33 bits per heavy atom. The Balaban J connectivity index is 2.15. The number of carboxylic acid groups (broad SMARTS) is 1. The zero-order chi connectivity index (χ0) is 11.0. The third-order valence-corrected chi connectivity index (χ3v) is 3.63. The maximum atomic E-state index is 11.4. The first kappa shape index (κ1) is 10.5. The van der Waals surface area contributed by atoms with Crippen LogP contribution < -0.4 is 0 Å². The lowest BCUT2D eigenvalue weighted by Crippen LogP contribution is -2.27. The Morgan fingerprint density at radius 2 is 2.00 bits per heavy atom. The Morgan fingerprint density at radius 3 is 2.67 bits per heavy atom. The highest BCUT2D eigenvalue weighted by Crippen LogP contribution is 2.39. The predicted molar refractivity (Wildman–Crippen MR) is 52.1 cm³/mol. The topological polar surface area (TPSA) is 63.6 Å². The van der Waals surface area contributed by atoms with Crippen molar-refractivity contribution in [3.63, 3.8) is 0 Å². The summed E-state index contributed by atoms with van der Waals surface area (Å²) in [5.41, 5.74) is 0. The molecule has 1 saturated heterocycles. The van der Waals surface area contributed by atoms with Gasteiger partial charge in [0.2, 0.25) is 0 Å². The third kappa shape index (κ3) is 1.85. The Bertz CT molecular complexity index is 286. The molecule has 0 aromatic carbocycles. The molecule has 2 fully saturated rings. The molecule has 84 valence electrons. The first-order chi connectivity index (χ1) is 7.09. The normalized spacial score (nSPS) is 40.5. The van der Waals surface area contributed by atoms with E-state index in [9.17, 15) is 9.59 Å². The summed E-state index contributed by atoms with van der Waals surface area (Å²) in [7, 11) is 0. The maximum absolute atomic E-state index is 11.4. The molecule has 0 bridgehead atoms. The number of hydrogen-bond acceptors (Lipinski definition) is 3. The van der Waals surface area contributed by atoms with Crippen molar-refractivity contribution in [2.75, 3.05) is 0 Å². The van der Waals surface area contributed by atoms with Gasteiger partial charge < -0.3 is 9.84 Å². The minimum Gasteiger partial charge on any atom is -0.481 e. The second-order valence-corrected chi connectivity index (χ2v) is 4.71. The van der Waals surface area contributed by atoms with E-state index in [0.29, 0.717) is 5.92 Å². The molecule has 15 heavy (non-hydrogen) atoms. The van der Waals surface area contributed by atoms with Gasteiger partial charge in [-0.05, 0) is 25.2 Å². The molecule has 0 unspecified atom stereocenters. The van der Waals surface area contributed by atoms with E-state index >= 15 is 0 Å². The molecule has 2 rings (SSSR count). The van der Waals surface area contributed by atoms with Gasteiger partial charge in [-0.25, -0.2) is 0 Å². The largest absolute Gasteiger partial charge is 0.481 e. The van der Waals surface area contributed by atoms with Gasteiger partial charge in [0, 0.05) is 5.92 Å². The van der Waals surface area contributed by atoms with E-state index in [4.69, 9.17) is 9.84 Å². The minimum absolute atomic E-state index is 0.0973. The van der Waals surface area contributed by atoms with Crippen molar-refractivity contribution in [3.05, 3.63) is 0 Å². The number of carbonyl (C=O) groups is 2. The summed E-state index contributed by atoms with van der Waals surface area (Å²) in [4.78, 5) is 22.3. The molecular formula is C11H16O4. The lowest BCUT2D eigenvalue weighted by molar-refractivity contribution is -0.153. The maximum Gasteiger partial charge on any atom is 0.321 e. The number of ether oxygens (including phenoxy) is 1. The van der Waals surface area contributed by atoms with Gasteiger partial charge in [-0.2, -0.15) is 0 Å². The monoisotopic (exact) mass is 212 g/mol. The highest BCUT2D eigenvalue weighted by atomic mass is 16.6. The lowest BCUT2D eigenvalue weighted by atomic mass is 9.87. The van der Waals surface area contributed by atoms with Crippen LogP contribution in [0.15, 0.2) is 0 Å². The summed E-state index contributed by atoms with van der Waals surface area (Å²) in [5.74, 6) is -1.96. The first-order valence-corrected chi connectivity index (χ1v) is 5.53. The number of hydrogen-bond donors (Lipinski definition) is 1. The SMILES string of the molecule is C[C@@H]1CC[C@H]2[C@H](C(=O)O)C(=O)O[C@H]2CC1. The molecule has 0 radical (unpaired) electrons. The lowest BCUT2D eigenvalue weighted by Gasteiger charge is -2.14. The molecule has 1 heterocycles. The van der Waals surface area contributed by atoms with Gasteiger partial charge >= 0.3 is 11.9 Å². The standard InChI is InChI=1S/C11H16O4/c1-6-2-4-7-8(5-3-6)15-11(14)9(7)10(12)13/h6-9H,2-5H2,1H3,(H,12,13)/t6-,7-,8+,9-/m1/s1. The van der Waals surface area contributed by atoms with Crippen LogP contribution in [0.5, 0.6) is 0 Å². The van der Waals surface area contributed by atoms with Crippen LogP contribution in [-0.2, 0) is 14.3 Å². The number of carbonyl (C=O) groups excluding carboxylic acids is 1. The minimum atomic E-state index is -1.03. The highest BCUT2D eigenvalue weighted by molar-refractivity contribution is 5.95. The molecule has 1 saturated carbocycles. The van der Waals surface area contributed by atoms with Crippen LogP contribution in [-0.4, -0.2) is 23.1 Å². The molecule has 0 spiro atoms. The number of rotatable bonds is 1. The third-order valence-electron chi connectivity index (χ3n) is 3.63. The second kappa shape index (κ2) is 3.83. The summed E-state index contributed by atoms with van der Waals surface area (Å²) in [6, 6.07) is 0. The number of aliphatic carboxylic acids is 1. The highest BCUT2D eigenvalue weighted by Gasteiger charge is 2.49. The Kier molecular flexibility index (Phi) is 2.67. The fourth-order valence-electron chi connectivity index (χ4n) is 2.68. The van der Waals surface area contributed by atoms with Gasteiger partial charge in [-0.15, -0.1) is 0 Å². The Hall–Kier alpha value is -1.06. The molecule has 4 atom stereocenters. The van der Waals surface area contributed by atoms with Crippen molar-refractivity contribution in [2.24, 2.45) is 17.8 Å². The second-order valence-electron chi connectivity index (χ2n) is 4.71. The van der Waals surface area contributed by atoms with Crippen LogP contribution in [0.1, 0.15) is 32.6 Å². The summed E-state index contributed by atoms with van der Waals surface area (Å²) in [6.45, 7) is 2.17. The number of fused-ring (bicyclic) bond motifs is 1. The molecule has 0 aromatic rings. The Labute approximate surface area is 88.6 Å². The van der Waals surface area contributed by atoms with Crippen LogP contribution in [0.2, 0.25) is 0 Å². The molecular weight excluding hydrogens is 196 g/mol. The van der Waals surface area contributed by atoms with Crippen LogP contribution in [0, 0.1) is 17.8 Å². The summed E-state index contributed by atoms with van der Waals surface area (Å²) < 4.78 is 5.15. The van der Waals surface area contributed by atoms with Crippen molar-refractivity contribution in [1.29, 1.82) is 0 Å². The number of esters is 1. The first-order valence-electron chi connectivity index (χ1n) is 5.53. The van der Waals surface area contributed by atoms with E-state index in [1.807, 2.05) is 0 Å². The van der Waals surface area contributed by atoms with Crippen LogP contribution in [0.25, 0.3) is 0 Å². The average molecular weight is 212 g/mol. The van der Waals surface area contributed by atoms with Crippen molar-refractivity contribution in [3.8, 4) is 0 Å². The van der Waals surface area contributed by atoms with Gasteiger partial charge in [0.1, 0.15) is 6.10 Å². The molecule has 1 aliphatic carbocycles.